The molecule has 0 saturated carbocycles. The van der Waals surface area contributed by atoms with Crippen LogP contribution in [0, 0.1) is 0 Å². The van der Waals surface area contributed by atoms with Gasteiger partial charge < -0.3 is 10.5 Å². The van der Waals surface area contributed by atoms with Gasteiger partial charge in [-0.2, -0.15) is 0 Å². The third-order valence-corrected chi connectivity index (χ3v) is 3.30. The van der Waals surface area contributed by atoms with E-state index in [0.717, 1.165) is 16.3 Å². The maximum atomic E-state index is 6.09. The highest BCUT2D eigenvalue weighted by molar-refractivity contribution is 6.31. The second kappa shape index (κ2) is 6.80. The third-order valence-electron chi connectivity index (χ3n) is 2.70. The fraction of sp³-hybridized carbons (Fsp3) is 0.200. The van der Waals surface area contributed by atoms with Crippen molar-refractivity contribution in [1.29, 1.82) is 0 Å². The first-order valence-electron chi connectivity index (χ1n) is 6.02. The van der Waals surface area contributed by atoms with E-state index in [2.05, 4.69) is 0 Å². The zero-order valence-electron chi connectivity index (χ0n) is 10.4. The highest BCUT2D eigenvalue weighted by Gasteiger charge is 2.08. The predicted molar refractivity (Wildman–Crippen MR) is 80.1 cm³/mol. The minimum Gasteiger partial charge on any atom is -0.492 e. The van der Waals surface area contributed by atoms with E-state index in [0.29, 0.717) is 18.1 Å². The van der Waals surface area contributed by atoms with Gasteiger partial charge in [0.15, 0.2) is 0 Å². The zero-order chi connectivity index (χ0) is 13.7. The van der Waals surface area contributed by atoms with Gasteiger partial charge in [0.05, 0.1) is 0 Å². The first-order valence-corrected chi connectivity index (χ1v) is 6.78. The van der Waals surface area contributed by atoms with Crippen molar-refractivity contribution in [1.82, 2.24) is 0 Å². The van der Waals surface area contributed by atoms with Gasteiger partial charge in [-0.15, -0.1) is 0 Å². The van der Waals surface area contributed by atoms with Crippen molar-refractivity contribution in [3.63, 3.8) is 0 Å². The summed E-state index contributed by atoms with van der Waals surface area (Å²) in [5, 5.41) is 1.39. The predicted octanol–water partition coefficient (Wildman–Crippen LogP) is 3.94. The first-order chi connectivity index (χ1) is 9.15. The standard InChI is InChI=1S/C15H15Cl2NO/c16-12-5-3-6-14(9-12)19-10-13(18)8-11-4-1-2-7-15(11)17/h1-7,9,13H,8,10,18H2. The Labute approximate surface area is 123 Å². The lowest BCUT2D eigenvalue weighted by Crippen LogP contribution is -2.30. The number of hydrogen-bond donors (Lipinski definition) is 1. The molecule has 0 aliphatic heterocycles. The summed E-state index contributed by atoms with van der Waals surface area (Å²) in [7, 11) is 0. The summed E-state index contributed by atoms with van der Waals surface area (Å²) in [5.41, 5.74) is 7.08. The summed E-state index contributed by atoms with van der Waals surface area (Å²) in [6.45, 7) is 0.422. The van der Waals surface area contributed by atoms with E-state index >= 15 is 0 Å². The van der Waals surface area contributed by atoms with Gasteiger partial charge in [-0.3, -0.25) is 0 Å². The summed E-state index contributed by atoms with van der Waals surface area (Å²) in [6.07, 6.45) is 0.681. The van der Waals surface area contributed by atoms with Crippen LogP contribution in [0.15, 0.2) is 48.5 Å². The van der Waals surface area contributed by atoms with Crippen LogP contribution in [0.2, 0.25) is 10.0 Å². The highest BCUT2D eigenvalue weighted by atomic mass is 35.5. The van der Waals surface area contributed by atoms with E-state index < -0.39 is 0 Å². The molecule has 0 heterocycles. The Bertz CT molecular complexity index is 545. The van der Waals surface area contributed by atoms with Crippen LogP contribution in [0.1, 0.15) is 5.56 Å². The van der Waals surface area contributed by atoms with Gasteiger partial charge in [0.25, 0.3) is 0 Å². The molecule has 0 aliphatic rings. The van der Waals surface area contributed by atoms with Crippen molar-refractivity contribution in [2.24, 2.45) is 5.73 Å². The average Bonchev–Trinajstić information content (AvgIpc) is 2.39. The molecule has 0 fully saturated rings. The average molecular weight is 296 g/mol. The van der Waals surface area contributed by atoms with Crippen molar-refractivity contribution in [3.05, 3.63) is 64.1 Å². The second-order valence-corrected chi connectivity index (χ2v) is 5.17. The smallest absolute Gasteiger partial charge is 0.120 e. The Kier molecular flexibility index (Phi) is 5.08. The van der Waals surface area contributed by atoms with Crippen LogP contribution < -0.4 is 10.5 Å². The number of hydrogen-bond acceptors (Lipinski definition) is 2. The summed E-state index contributed by atoms with van der Waals surface area (Å²) in [4.78, 5) is 0. The molecule has 19 heavy (non-hydrogen) atoms. The SMILES string of the molecule is NC(COc1cccc(Cl)c1)Cc1ccccc1Cl. The quantitative estimate of drug-likeness (QED) is 0.907. The topological polar surface area (TPSA) is 35.2 Å². The molecule has 100 valence electrons. The molecular formula is C15H15Cl2NO. The van der Waals surface area contributed by atoms with E-state index in [9.17, 15) is 0 Å². The van der Waals surface area contributed by atoms with Crippen molar-refractivity contribution in [3.8, 4) is 5.75 Å². The van der Waals surface area contributed by atoms with E-state index in [4.69, 9.17) is 33.7 Å². The number of ether oxygens (including phenoxy) is 1. The Balaban J connectivity index is 1.88. The summed E-state index contributed by atoms with van der Waals surface area (Å²) >= 11 is 12.0. The van der Waals surface area contributed by atoms with Crippen LogP contribution in [0.5, 0.6) is 5.75 Å². The maximum absolute atomic E-state index is 6.09. The van der Waals surface area contributed by atoms with Gasteiger partial charge >= 0.3 is 0 Å². The van der Waals surface area contributed by atoms with Gasteiger partial charge in [0.2, 0.25) is 0 Å². The Morgan fingerprint density at radius 1 is 1.05 bits per heavy atom. The van der Waals surface area contributed by atoms with Gasteiger partial charge in [0.1, 0.15) is 12.4 Å². The monoisotopic (exact) mass is 295 g/mol. The van der Waals surface area contributed by atoms with Crippen LogP contribution in [-0.4, -0.2) is 12.6 Å². The van der Waals surface area contributed by atoms with Crippen molar-refractivity contribution in [2.45, 2.75) is 12.5 Å². The summed E-state index contributed by atoms with van der Waals surface area (Å²) in [6, 6.07) is 14.8. The third kappa shape index (κ3) is 4.43. The molecule has 2 N–H and O–H groups in total. The molecule has 0 radical (unpaired) electrons. The molecule has 4 heteroatoms. The highest BCUT2D eigenvalue weighted by Crippen LogP contribution is 2.19. The Hall–Kier alpha value is -1.22. The zero-order valence-corrected chi connectivity index (χ0v) is 11.9. The normalized spacial score (nSPS) is 12.2. The molecule has 2 nitrogen and oxygen atoms in total. The van der Waals surface area contributed by atoms with Gasteiger partial charge in [-0.25, -0.2) is 0 Å². The maximum Gasteiger partial charge on any atom is 0.120 e. The van der Waals surface area contributed by atoms with Crippen LogP contribution >= 0.6 is 23.2 Å². The molecule has 1 unspecified atom stereocenters. The van der Waals surface area contributed by atoms with Crippen LogP contribution in [0.4, 0.5) is 0 Å². The van der Waals surface area contributed by atoms with Crippen LogP contribution in [0.25, 0.3) is 0 Å². The number of halogens is 2. The molecule has 0 aliphatic carbocycles. The lowest BCUT2D eigenvalue weighted by molar-refractivity contribution is 0.287. The van der Waals surface area contributed by atoms with E-state index in [1.807, 2.05) is 36.4 Å². The summed E-state index contributed by atoms with van der Waals surface area (Å²) < 4.78 is 5.61. The van der Waals surface area contributed by atoms with E-state index in [1.165, 1.54) is 0 Å². The fourth-order valence-electron chi connectivity index (χ4n) is 1.77. The lowest BCUT2D eigenvalue weighted by atomic mass is 10.1. The van der Waals surface area contributed by atoms with Gasteiger partial charge in [-0.05, 0) is 36.2 Å². The Morgan fingerprint density at radius 3 is 2.58 bits per heavy atom. The molecule has 2 aromatic carbocycles. The van der Waals surface area contributed by atoms with E-state index in [-0.39, 0.29) is 6.04 Å². The molecule has 0 spiro atoms. The van der Waals surface area contributed by atoms with Gasteiger partial charge in [0, 0.05) is 16.1 Å². The van der Waals surface area contributed by atoms with Crippen LogP contribution in [0.3, 0.4) is 0 Å². The second-order valence-electron chi connectivity index (χ2n) is 4.32. The largest absolute Gasteiger partial charge is 0.492 e. The van der Waals surface area contributed by atoms with Crippen molar-refractivity contribution < 1.29 is 4.74 Å². The number of rotatable bonds is 5. The molecular weight excluding hydrogens is 281 g/mol. The molecule has 1 atom stereocenters. The minimum atomic E-state index is -0.112. The Morgan fingerprint density at radius 2 is 1.84 bits per heavy atom. The first kappa shape index (κ1) is 14.2. The lowest BCUT2D eigenvalue weighted by Gasteiger charge is -2.14. The molecule has 0 bridgehead atoms. The molecule has 2 aromatic rings. The summed E-state index contributed by atoms with van der Waals surface area (Å²) in [5.74, 6) is 0.724. The van der Waals surface area contributed by atoms with Crippen LogP contribution in [-0.2, 0) is 6.42 Å². The minimum absolute atomic E-state index is 0.112. The molecule has 0 amide bonds. The molecule has 2 rings (SSSR count). The number of nitrogens with two attached hydrogens (primary N) is 1. The number of benzene rings is 2. The molecule has 0 saturated heterocycles. The van der Waals surface area contributed by atoms with Gasteiger partial charge in [-0.1, -0.05) is 47.5 Å². The van der Waals surface area contributed by atoms with E-state index in [1.54, 1.807) is 12.1 Å². The van der Waals surface area contributed by atoms with Crippen molar-refractivity contribution in [2.75, 3.05) is 6.61 Å². The fourth-order valence-corrected chi connectivity index (χ4v) is 2.16. The molecule has 0 aromatic heterocycles. The van der Waals surface area contributed by atoms with Crippen molar-refractivity contribution >= 4 is 23.2 Å².